The Balaban J connectivity index is 1.58. The van der Waals surface area contributed by atoms with Crippen LogP contribution in [-0.2, 0) is 32.5 Å². The summed E-state index contributed by atoms with van der Waals surface area (Å²) in [4.78, 5) is 5.28. The van der Waals surface area contributed by atoms with E-state index in [0.29, 0.717) is 0 Å². The quantitative estimate of drug-likeness (QED) is 0.163. The molecule has 2 aliphatic heterocycles. The van der Waals surface area contributed by atoms with Gasteiger partial charge in [0.05, 0.1) is 0 Å². The molecule has 338 valence electrons. The summed E-state index contributed by atoms with van der Waals surface area (Å²) in [5, 5.41) is 0. The van der Waals surface area contributed by atoms with Crippen LogP contribution in [0.2, 0.25) is 0 Å². The van der Waals surface area contributed by atoms with Crippen molar-refractivity contribution in [1.82, 2.24) is 0 Å². The van der Waals surface area contributed by atoms with Crippen molar-refractivity contribution in [2.75, 3.05) is 9.80 Å². The van der Waals surface area contributed by atoms with E-state index in [1.54, 1.807) is 0 Å². The lowest BCUT2D eigenvalue weighted by molar-refractivity contribution is 0.568. The van der Waals surface area contributed by atoms with E-state index in [-0.39, 0.29) is 39.2 Å². The summed E-state index contributed by atoms with van der Waals surface area (Å²) in [6.07, 6.45) is 0. The maximum atomic E-state index is 2.64. The zero-order valence-corrected chi connectivity index (χ0v) is 43.8. The highest BCUT2D eigenvalue weighted by molar-refractivity contribution is 7.00. The van der Waals surface area contributed by atoms with Crippen molar-refractivity contribution < 1.29 is 0 Å². The average molecular weight is 861 g/mol. The van der Waals surface area contributed by atoms with Gasteiger partial charge in [-0.3, -0.25) is 0 Å². The molecule has 0 atom stereocenters. The molecule has 0 bridgehead atoms. The zero-order chi connectivity index (χ0) is 47.7. The highest BCUT2D eigenvalue weighted by Gasteiger charge is 2.44. The number of fused-ring (bicyclic) bond motifs is 4. The highest BCUT2D eigenvalue weighted by atomic mass is 15.2. The van der Waals surface area contributed by atoms with Crippen LogP contribution in [0.25, 0.3) is 11.1 Å². The normalized spacial score (nSPS) is 14.4. The number of hydrogen-bond acceptors (Lipinski definition) is 2. The molecular weight excluding hydrogens is 784 g/mol. The largest absolute Gasteiger partial charge is 0.311 e. The number of hydrogen-bond donors (Lipinski definition) is 0. The first kappa shape index (κ1) is 46.5. The summed E-state index contributed by atoms with van der Waals surface area (Å²) in [6, 6.07) is 41.8. The molecule has 2 nitrogen and oxygen atoms in total. The molecule has 0 aliphatic carbocycles. The third-order valence-corrected chi connectivity index (χ3v) is 14.2. The molecule has 2 aliphatic rings. The second kappa shape index (κ2) is 15.3. The fourth-order valence-electron chi connectivity index (χ4n) is 9.84. The molecule has 0 unspecified atom stereocenters. The number of benzene rings is 6. The van der Waals surface area contributed by atoms with Crippen molar-refractivity contribution in [2.24, 2.45) is 0 Å². The van der Waals surface area contributed by atoms with Gasteiger partial charge in [0.2, 0.25) is 0 Å². The Hall–Kier alpha value is -5.02. The van der Waals surface area contributed by atoms with Gasteiger partial charge in [0.1, 0.15) is 0 Å². The van der Waals surface area contributed by atoms with Gasteiger partial charge in [-0.2, -0.15) is 0 Å². The van der Waals surface area contributed by atoms with Crippen LogP contribution in [-0.4, -0.2) is 6.71 Å². The third kappa shape index (κ3) is 8.63. The number of rotatable bonds is 3. The van der Waals surface area contributed by atoms with Crippen molar-refractivity contribution in [2.45, 2.75) is 171 Å². The highest BCUT2D eigenvalue weighted by Crippen LogP contribution is 2.49. The average Bonchev–Trinajstić information content (AvgIpc) is 3.18. The predicted molar refractivity (Wildman–Crippen MR) is 288 cm³/mol. The number of aryl methyl sites for hydroxylation is 2. The van der Waals surface area contributed by atoms with Crippen LogP contribution in [0.5, 0.6) is 0 Å². The van der Waals surface area contributed by atoms with Crippen molar-refractivity contribution >= 4 is 57.2 Å². The molecule has 6 aromatic carbocycles. The summed E-state index contributed by atoms with van der Waals surface area (Å²) in [5.41, 5.74) is 24.5. The Morgan fingerprint density at radius 3 is 0.877 bits per heavy atom. The van der Waals surface area contributed by atoms with Gasteiger partial charge in [-0.15, -0.1) is 0 Å². The molecule has 0 spiro atoms. The molecule has 65 heavy (non-hydrogen) atoms. The van der Waals surface area contributed by atoms with Crippen molar-refractivity contribution in [1.29, 1.82) is 0 Å². The van der Waals surface area contributed by atoms with Gasteiger partial charge in [0, 0.05) is 34.1 Å². The van der Waals surface area contributed by atoms with Crippen molar-refractivity contribution in [3.05, 3.63) is 148 Å². The smallest absolute Gasteiger partial charge is 0.252 e. The van der Waals surface area contributed by atoms with Gasteiger partial charge in [-0.05, 0) is 156 Å². The zero-order valence-electron chi connectivity index (χ0n) is 43.8. The summed E-state index contributed by atoms with van der Waals surface area (Å²) < 4.78 is 0. The van der Waals surface area contributed by atoms with Crippen LogP contribution in [0, 0.1) is 13.8 Å². The van der Waals surface area contributed by atoms with Gasteiger partial charge in [0.15, 0.2) is 0 Å². The van der Waals surface area contributed by atoms with Crippen LogP contribution >= 0.6 is 0 Å². The lowest BCUT2D eigenvalue weighted by Gasteiger charge is -2.45. The maximum Gasteiger partial charge on any atom is 0.252 e. The number of anilines is 6. The predicted octanol–water partition coefficient (Wildman–Crippen LogP) is 15.8. The molecule has 6 aromatic rings. The van der Waals surface area contributed by atoms with Gasteiger partial charge in [-0.25, -0.2) is 0 Å². The second-order valence-corrected chi connectivity index (χ2v) is 26.0. The van der Waals surface area contributed by atoms with E-state index < -0.39 is 0 Å². The van der Waals surface area contributed by atoms with Crippen LogP contribution in [0.15, 0.2) is 103 Å². The van der Waals surface area contributed by atoms with Gasteiger partial charge in [0.25, 0.3) is 6.71 Å². The first-order valence-electron chi connectivity index (χ1n) is 24.3. The minimum Gasteiger partial charge on any atom is -0.311 e. The summed E-state index contributed by atoms with van der Waals surface area (Å²) in [7, 11) is 0. The summed E-state index contributed by atoms with van der Waals surface area (Å²) >= 11 is 0. The van der Waals surface area contributed by atoms with Crippen molar-refractivity contribution in [3.63, 3.8) is 0 Å². The van der Waals surface area contributed by atoms with Crippen LogP contribution < -0.4 is 26.2 Å². The molecule has 0 saturated heterocycles. The first-order chi connectivity index (χ1) is 29.8. The molecule has 0 amide bonds. The Bertz CT molecular complexity index is 2600. The summed E-state index contributed by atoms with van der Waals surface area (Å²) in [6.45, 7) is 46.9. The molecule has 0 fully saturated rings. The molecule has 0 aromatic heterocycles. The molecule has 0 radical (unpaired) electrons. The topological polar surface area (TPSA) is 6.48 Å². The Morgan fingerprint density at radius 1 is 0.308 bits per heavy atom. The molecule has 3 heteroatoms. The van der Waals surface area contributed by atoms with Gasteiger partial charge in [-0.1, -0.05) is 190 Å². The standard InChI is InChI=1S/C62H77BN2/c1-38-21-23-52-50(25-38)63-51-26-39(2)22-24-53(51)65(49-36-46(61(15,16)17)33-47(37-49)62(18,19)20)55-30-41(40-27-42(57(3,4)5)31-43(28-40)58(6,7)8)29-54(56(55)63)64(52)48-34-44(59(9,10)11)32-45(35-48)60(12,13)14/h21-37H,1-20H3. The Kier molecular flexibility index (Phi) is 10.9. The molecule has 0 N–H and O–H groups in total. The van der Waals surface area contributed by atoms with E-state index in [9.17, 15) is 0 Å². The van der Waals surface area contributed by atoms with Crippen LogP contribution in [0.3, 0.4) is 0 Å². The van der Waals surface area contributed by atoms with Crippen LogP contribution in [0.4, 0.5) is 34.1 Å². The van der Waals surface area contributed by atoms with E-state index >= 15 is 0 Å². The SMILES string of the molecule is Cc1ccc2c(c1)B1c3cc(C)ccc3N(c3cc(C(C)(C)C)cc(C(C)(C)C)c3)c3cc(-c4cc(C(C)(C)C)cc(C(C)(C)C)c4)cc(c31)N2c1cc(C(C)(C)C)cc(C(C)(C)C)c1. The number of nitrogens with zero attached hydrogens (tertiary/aromatic N) is 2. The van der Waals surface area contributed by atoms with Crippen molar-refractivity contribution in [3.8, 4) is 11.1 Å². The van der Waals surface area contributed by atoms with E-state index in [4.69, 9.17) is 0 Å². The molecule has 0 saturated carbocycles. The Labute approximate surface area is 395 Å². The maximum absolute atomic E-state index is 2.64. The lowest BCUT2D eigenvalue weighted by Crippen LogP contribution is -2.61. The third-order valence-electron chi connectivity index (χ3n) is 14.2. The van der Waals surface area contributed by atoms with E-state index in [0.717, 1.165) is 0 Å². The van der Waals surface area contributed by atoms with Gasteiger partial charge < -0.3 is 9.80 Å². The molecule has 2 heterocycles. The second-order valence-electron chi connectivity index (χ2n) is 26.0. The monoisotopic (exact) mass is 861 g/mol. The lowest BCUT2D eigenvalue weighted by atomic mass is 9.33. The minimum absolute atomic E-state index is 0.0250. The first-order valence-corrected chi connectivity index (χ1v) is 24.3. The molecular formula is C62H77BN2. The Morgan fingerprint density at radius 2 is 0.585 bits per heavy atom. The van der Waals surface area contributed by atoms with E-state index in [1.165, 1.54) is 106 Å². The van der Waals surface area contributed by atoms with E-state index in [2.05, 4.69) is 251 Å². The molecule has 8 rings (SSSR count). The fourth-order valence-corrected chi connectivity index (χ4v) is 9.84. The summed E-state index contributed by atoms with van der Waals surface area (Å²) in [5.74, 6) is 0. The fraction of sp³-hybridized carbons (Fsp3) is 0.419. The van der Waals surface area contributed by atoms with Crippen LogP contribution in [0.1, 0.15) is 169 Å². The van der Waals surface area contributed by atoms with Gasteiger partial charge >= 0.3 is 0 Å². The minimum atomic E-state index is -0.0431. The van der Waals surface area contributed by atoms with E-state index in [1.807, 2.05) is 0 Å².